The van der Waals surface area contributed by atoms with Crippen molar-refractivity contribution in [1.82, 2.24) is 9.36 Å². The van der Waals surface area contributed by atoms with Gasteiger partial charge in [-0.15, -0.1) is 0 Å². The van der Waals surface area contributed by atoms with Gasteiger partial charge in [0.05, 0.1) is 7.11 Å². The van der Waals surface area contributed by atoms with Crippen molar-refractivity contribution in [3.63, 3.8) is 0 Å². The Morgan fingerprint density at radius 1 is 1.50 bits per heavy atom. The summed E-state index contributed by atoms with van der Waals surface area (Å²) < 4.78 is 8.87. The maximum Gasteiger partial charge on any atom is 0.325 e. The molecule has 0 radical (unpaired) electrons. The summed E-state index contributed by atoms with van der Waals surface area (Å²) in [6.45, 7) is 6.35. The highest BCUT2D eigenvalue weighted by atomic mass is 32.1. The minimum Gasteiger partial charge on any atom is -0.468 e. The summed E-state index contributed by atoms with van der Waals surface area (Å²) >= 11 is 1.29. The lowest BCUT2D eigenvalue weighted by atomic mass is 9.96. The fourth-order valence-corrected chi connectivity index (χ4v) is 1.82. The molecule has 1 aromatic rings. The molecule has 1 aromatic heterocycles. The predicted molar refractivity (Wildman–Crippen MR) is 63.9 cm³/mol. The monoisotopic (exact) mass is 243 g/mol. The van der Waals surface area contributed by atoms with E-state index in [4.69, 9.17) is 0 Å². The Bertz CT molecular complexity index is 370. The van der Waals surface area contributed by atoms with Crippen LogP contribution in [0.5, 0.6) is 0 Å². The predicted octanol–water partition coefficient (Wildman–Crippen LogP) is 1.44. The summed E-state index contributed by atoms with van der Waals surface area (Å²) in [6, 6.07) is 0. The number of esters is 1. The van der Waals surface area contributed by atoms with Crippen LogP contribution in [0.15, 0.2) is 0 Å². The number of hydrogen-bond donors (Lipinski definition) is 0. The lowest BCUT2D eigenvalue weighted by Gasteiger charge is -2.14. The van der Waals surface area contributed by atoms with E-state index in [-0.39, 0.29) is 17.9 Å². The van der Waals surface area contributed by atoms with Crippen LogP contribution in [0.3, 0.4) is 0 Å². The van der Waals surface area contributed by atoms with E-state index in [0.29, 0.717) is 0 Å². The second-order valence-corrected chi connectivity index (χ2v) is 5.31. The van der Waals surface area contributed by atoms with Gasteiger partial charge >= 0.3 is 5.97 Å². The maximum absolute atomic E-state index is 11.1. The van der Waals surface area contributed by atoms with E-state index in [1.807, 2.05) is 0 Å². The van der Waals surface area contributed by atoms with Gasteiger partial charge < -0.3 is 9.64 Å². The van der Waals surface area contributed by atoms with E-state index < -0.39 is 0 Å². The zero-order valence-corrected chi connectivity index (χ0v) is 11.1. The molecule has 0 amide bonds. The Balaban J connectivity index is 2.74. The minimum absolute atomic E-state index is 0.0686. The van der Waals surface area contributed by atoms with E-state index in [1.165, 1.54) is 18.6 Å². The second kappa shape index (κ2) is 4.78. The van der Waals surface area contributed by atoms with Gasteiger partial charge in [-0.1, -0.05) is 20.8 Å². The molecule has 1 heterocycles. The highest BCUT2D eigenvalue weighted by molar-refractivity contribution is 7.09. The van der Waals surface area contributed by atoms with Crippen molar-refractivity contribution < 1.29 is 9.53 Å². The van der Waals surface area contributed by atoms with E-state index >= 15 is 0 Å². The molecule has 6 heteroatoms. The first-order chi connectivity index (χ1) is 7.34. The van der Waals surface area contributed by atoms with E-state index in [0.717, 1.165) is 11.0 Å². The lowest BCUT2D eigenvalue weighted by Crippen LogP contribution is -2.26. The molecule has 0 aliphatic rings. The number of aromatic nitrogens is 2. The number of methoxy groups -OCH3 is 1. The quantitative estimate of drug-likeness (QED) is 0.752. The number of nitrogens with zero attached hydrogens (tertiary/aromatic N) is 3. The molecule has 0 atom stereocenters. The molecule has 0 spiro atoms. The van der Waals surface area contributed by atoms with Crippen molar-refractivity contribution in [2.45, 2.75) is 26.2 Å². The Kier molecular flexibility index (Phi) is 3.85. The van der Waals surface area contributed by atoms with Gasteiger partial charge in [0.15, 0.2) is 0 Å². The van der Waals surface area contributed by atoms with Gasteiger partial charge in [0.2, 0.25) is 5.13 Å². The zero-order valence-electron chi connectivity index (χ0n) is 10.3. The molecule has 1 rings (SSSR count). The van der Waals surface area contributed by atoms with Crippen LogP contribution in [0.2, 0.25) is 0 Å². The van der Waals surface area contributed by atoms with Gasteiger partial charge in [-0.25, -0.2) is 4.98 Å². The van der Waals surface area contributed by atoms with E-state index in [9.17, 15) is 4.79 Å². The topological polar surface area (TPSA) is 55.3 Å². The number of carbonyl (C=O) groups excluding carboxylic acids is 1. The van der Waals surface area contributed by atoms with E-state index in [1.54, 1.807) is 11.9 Å². The van der Waals surface area contributed by atoms with Crippen molar-refractivity contribution >= 4 is 22.6 Å². The third-order valence-electron chi connectivity index (χ3n) is 2.01. The van der Waals surface area contributed by atoms with Crippen LogP contribution < -0.4 is 4.90 Å². The summed E-state index contributed by atoms with van der Waals surface area (Å²) in [4.78, 5) is 17.2. The molecule has 0 aromatic carbocycles. The smallest absolute Gasteiger partial charge is 0.325 e. The third-order valence-corrected chi connectivity index (χ3v) is 2.84. The van der Waals surface area contributed by atoms with Crippen molar-refractivity contribution in [3.05, 3.63) is 5.82 Å². The minimum atomic E-state index is -0.282. The molecule has 5 nitrogen and oxygen atoms in total. The average molecular weight is 243 g/mol. The zero-order chi connectivity index (χ0) is 12.3. The maximum atomic E-state index is 11.1. The van der Waals surface area contributed by atoms with Crippen molar-refractivity contribution in [1.29, 1.82) is 0 Å². The average Bonchev–Trinajstić information content (AvgIpc) is 2.65. The van der Waals surface area contributed by atoms with Crippen LogP contribution in [-0.4, -0.2) is 36.0 Å². The largest absolute Gasteiger partial charge is 0.468 e. The molecule has 0 saturated carbocycles. The van der Waals surface area contributed by atoms with Gasteiger partial charge in [-0.3, -0.25) is 4.79 Å². The van der Waals surface area contributed by atoms with E-state index in [2.05, 4.69) is 34.9 Å². The van der Waals surface area contributed by atoms with Crippen molar-refractivity contribution in [2.24, 2.45) is 0 Å². The number of carbonyl (C=O) groups is 1. The first-order valence-corrected chi connectivity index (χ1v) is 5.74. The van der Waals surface area contributed by atoms with Crippen molar-refractivity contribution in [3.8, 4) is 0 Å². The molecule has 0 saturated heterocycles. The first kappa shape index (κ1) is 12.9. The van der Waals surface area contributed by atoms with Gasteiger partial charge in [-0.05, 0) is 0 Å². The van der Waals surface area contributed by atoms with Crippen LogP contribution in [0.1, 0.15) is 26.6 Å². The Morgan fingerprint density at radius 2 is 2.12 bits per heavy atom. The number of ether oxygens (including phenoxy) is 1. The first-order valence-electron chi connectivity index (χ1n) is 4.96. The summed E-state index contributed by atoms with van der Waals surface area (Å²) in [5.41, 5.74) is -0.0686. The third kappa shape index (κ3) is 3.16. The molecule has 0 bridgehead atoms. The van der Waals surface area contributed by atoms with Crippen LogP contribution in [-0.2, 0) is 14.9 Å². The van der Waals surface area contributed by atoms with Crippen LogP contribution >= 0.6 is 11.5 Å². The van der Waals surface area contributed by atoms with Crippen LogP contribution in [0.4, 0.5) is 5.13 Å². The number of hydrogen-bond acceptors (Lipinski definition) is 6. The molecule has 16 heavy (non-hydrogen) atoms. The normalized spacial score (nSPS) is 11.3. The fraction of sp³-hybridized carbons (Fsp3) is 0.700. The number of anilines is 1. The van der Waals surface area contributed by atoms with Crippen LogP contribution in [0, 0.1) is 0 Å². The highest BCUT2D eigenvalue weighted by Gasteiger charge is 2.21. The second-order valence-electron chi connectivity index (χ2n) is 4.58. The van der Waals surface area contributed by atoms with Gasteiger partial charge in [0.25, 0.3) is 0 Å². The molecular formula is C10H17N3O2S. The Labute approximate surface area is 99.6 Å². The summed E-state index contributed by atoms with van der Waals surface area (Å²) in [7, 11) is 3.17. The SMILES string of the molecule is COC(=O)CN(C)c1nc(C(C)(C)C)ns1. The molecule has 0 N–H and O–H groups in total. The lowest BCUT2D eigenvalue weighted by molar-refractivity contribution is -0.138. The molecule has 0 aliphatic heterocycles. The van der Waals surface area contributed by atoms with Gasteiger partial charge in [-0.2, -0.15) is 4.37 Å². The van der Waals surface area contributed by atoms with Gasteiger partial charge in [0, 0.05) is 24.0 Å². The fourth-order valence-electron chi connectivity index (χ4n) is 1.00. The van der Waals surface area contributed by atoms with Crippen molar-refractivity contribution in [2.75, 3.05) is 25.6 Å². The number of rotatable bonds is 3. The molecule has 90 valence electrons. The molecular weight excluding hydrogens is 226 g/mol. The Hall–Kier alpha value is -1.17. The molecule has 0 unspecified atom stereocenters. The summed E-state index contributed by atoms with van der Waals surface area (Å²) in [5.74, 6) is 0.513. The van der Waals surface area contributed by atoms with Gasteiger partial charge in [0.1, 0.15) is 12.4 Å². The number of likely N-dealkylation sites (N-methyl/N-ethyl adjacent to an activating group) is 1. The highest BCUT2D eigenvalue weighted by Crippen LogP contribution is 2.24. The summed E-state index contributed by atoms with van der Waals surface area (Å²) in [5, 5.41) is 0.732. The molecule has 0 aliphatic carbocycles. The summed E-state index contributed by atoms with van der Waals surface area (Å²) in [6.07, 6.45) is 0. The standard InChI is InChI=1S/C10H17N3O2S/c1-10(2,3)8-11-9(16-12-8)13(4)6-7(14)15-5/h6H2,1-5H3. The van der Waals surface area contributed by atoms with Crippen LogP contribution in [0.25, 0.3) is 0 Å². The molecule has 0 fully saturated rings. The Morgan fingerprint density at radius 3 is 2.56 bits per heavy atom.